The molecule has 1 aliphatic rings. The van der Waals surface area contributed by atoms with E-state index in [0.717, 1.165) is 12.5 Å². The van der Waals surface area contributed by atoms with Crippen LogP contribution in [0.3, 0.4) is 0 Å². The molecular formula is C16H22N4O9S2. The van der Waals surface area contributed by atoms with Crippen molar-refractivity contribution in [1.29, 1.82) is 0 Å². The predicted molar refractivity (Wildman–Crippen MR) is 109 cm³/mol. The molecule has 1 fully saturated rings. The van der Waals surface area contributed by atoms with E-state index in [1.165, 1.54) is 42.4 Å². The highest BCUT2D eigenvalue weighted by Crippen LogP contribution is 2.22. The average molecular weight is 479 g/mol. The zero-order valence-electron chi connectivity index (χ0n) is 16.9. The van der Waals surface area contributed by atoms with E-state index in [0.29, 0.717) is 9.98 Å². The summed E-state index contributed by atoms with van der Waals surface area (Å²) in [7, 11) is -6.18. The molecule has 0 spiro atoms. The summed E-state index contributed by atoms with van der Waals surface area (Å²) in [5.41, 5.74) is 0.394. The first-order valence-corrected chi connectivity index (χ1v) is 12.5. The van der Waals surface area contributed by atoms with Crippen LogP contribution in [-0.2, 0) is 35.7 Å². The van der Waals surface area contributed by atoms with Crippen LogP contribution in [0, 0.1) is 10.1 Å². The van der Waals surface area contributed by atoms with Crippen molar-refractivity contribution < 1.29 is 35.5 Å². The normalized spacial score (nSPS) is 19.5. The number of sulfonamides is 1. The largest absolute Gasteiger partial charge is 0.445 e. The van der Waals surface area contributed by atoms with Crippen LogP contribution in [0.15, 0.2) is 29.4 Å². The number of nitrogens with zero attached hydrogens (tertiary/aromatic N) is 4. The van der Waals surface area contributed by atoms with Crippen molar-refractivity contribution in [3.05, 3.63) is 39.9 Å². The van der Waals surface area contributed by atoms with Crippen molar-refractivity contribution in [2.24, 2.45) is 5.10 Å². The van der Waals surface area contributed by atoms with Gasteiger partial charge in [0.15, 0.2) is 0 Å². The summed E-state index contributed by atoms with van der Waals surface area (Å²) in [6.07, 6.45) is 1.41. The maximum Gasteiger partial charge on any atom is 0.410 e. The number of carbonyl (C=O) groups is 1. The Bertz CT molecular complexity index is 1060. The Morgan fingerprint density at radius 3 is 2.42 bits per heavy atom. The van der Waals surface area contributed by atoms with Crippen molar-refractivity contribution in [1.82, 2.24) is 9.31 Å². The number of hydrogen-bond acceptors (Lipinski definition) is 10. The van der Waals surface area contributed by atoms with Crippen molar-refractivity contribution in [3.8, 4) is 0 Å². The molecule has 13 nitrogen and oxygen atoms in total. The third kappa shape index (κ3) is 7.45. The van der Waals surface area contributed by atoms with Crippen LogP contribution in [0.4, 0.5) is 10.5 Å². The van der Waals surface area contributed by atoms with E-state index in [-0.39, 0.29) is 25.3 Å². The highest BCUT2D eigenvalue weighted by atomic mass is 32.2. The summed E-state index contributed by atoms with van der Waals surface area (Å²) >= 11 is 0. The van der Waals surface area contributed by atoms with Gasteiger partial charge in [0, 0.05) is 31.8 Å². The van der Waals surface area contributed by atoms with E-state index in [2.05, 4.69) is 5.10 Å². The topological polar surface area (TPSA) is 166 Å². The molecule has 0 unspecified atom stereocenters. The number of hydrogen-bond donors (Lipinski definition) is 0. The molecule has 0 N–H and O–H groups in total. The van der Waals surface area contributed by atoms with Gasteiger partial charge in [0.25, 0.3) is 15.8 Å². The van der Waals surface area contributed by atoms with E-state index in [1.807, 2.05) is 0 Å². The molecule has 1 heterocycles. The number of nitro groups is 1. The van der Waals surface area contributed by atoms with Gasteiger partial charge in [-0.25, -0.2) is 13.2 Å². The Kier molecular flexibility index (Phi) is 7.56. The van der Waals surface area contributed by atoms with E-state index in [1.54, 1.807) is 0 Å². The van der Waals surface area contributed by atoms with Crippen LogP contribution in [-0.4, -0.2) is 81.6 Å². The lowest BCUT2D eigenvalue weighted by Gasteiger charge is -2.21. The second-order valence-corrected chi connectivity index (χ2v) is 10.4. The van der Waals surface area contributed by atoms with E-state index in [4.69, 9.17) is 8.92 Å². The van der Waals surface area contributed by atoms with Crippen molar-refractivity contribution in [2.45, 2.75) is 25.2 Å². The van der Waals surface area contributed by atoms with Crippen LogP contribution in [0.25, 0.3) is 0 Å². The number of likely N-dealkylation sites (tertiary alicyclic amines) is 1. The molecule has 31 heavy (non-hydrogen) atoms. The lowest BCUT2D eigenvalue weighted by atomic mass is 10.2. The van der Waals surface area contributed by atoms with Gasteiger partial charge in [-0.3, -0.25) is 19.2 Å². The van der Waals surface area contributed by atoms with E-state index >= 15 is 0 Å². The van der Waals surface area contributed by atoms with Gasteiger partial charge < -0.3 is 4.74 Å². The SMILES string of the molecule is CN(N=C[C@@H]1C[C@@H](OS(C)(=O)=O)CN1C(=O)OCc1ccc([N+](=O)[O-])cc1)S(C)(=O)=O. The highest BCUT2D eigenvalue weighted by Gasteiger charge is 2.38. The van der Waals surface area contributed by atoms with Crippen LogP contribution >= 0.6 is 0 Å². The number of nitro benzene ring substituents is 1. The summed E-state index contributed by atoms with van der Waals surface area (Å²) in [5, 5.41) is 14.5. The van der Waals surface area contributed by atoms with Gasteiger partial charge >= 0.3 is 6.09 Å². The van der Waals surface area contributed by atoms with Crippen molar-refractivity contribution in [2.75, 3.05) is 26.1 Å². The van der Waals surface area contributed by atoms with Gasteiger partial charge in [-0.05, 0) is 17.7 Å². The first-order chi connectivity index (χ1) is 14.3. The van der Waals surface area contributed by atoms with Gasteiger partial charge in [0.2, 0.25) is 10.0 Å². The molecule has 2 rings (SSSR count). The van der Waals surface area contributed by atoms with Crippen molar-refractivity contribution in [3.63, 3.8) is 0 Å². The van der Waals surface area contributed by atoms with Gasteiger partial charge in [-0.2, -0.15) is 17.9 Å². The average Bonchev–Trinajstić information content (AvgIpc) is 3.04. The standard InChI is InChI=1S/C16H22N4O9S2/c1-18(30(2,24)25)17-9-14-8-15(29-31(3,26)27)10-19(14)16(21)28-11-12-4-6-13(7-5-12)20(22)23/h4-7,9,14-15H,8,10-11H2,1-3H3/t14-,15+/m0/s1. The Labute approximate surface area is 179 Å². The minimum atomic E-state index is -3.79. The minimum absolute atomic E-state index is 0.0564. The van der Waals surface area contributed by atoms with Crippen LogP contribution in [0.1, 0.15) is 12.0 Å². The quantitative estimate of drug-likeness (QED) is 0.224. The summed E-state index contributed by atoms with van der Waals surface area (Å²) in [4.78, 5) is 23.9. The number of non-ortho nitro benzene ring substituents is 1. The third-order valence-corrected chi connectivity index (χ3v) is 5.92. The van der Waals surface area contributed by atoms with Crippen LogP contribution in [0.2, 0.25) is 0 Å². The van der Waals surface area contributed by atoms with E-state index < -0.39 is 43.3 Å². The second kappa shape index (κ2) is 9.57. The maximum atomic E-state index is 12.6. The summed E-state index contributed by atoms with van der Waals surface area (Å²) in [6.45, 7) is -0.302. The second-order valence-electron chi connectivity index (χ2n) is 6.82. The Morgan fingerprint density at radius 2 is 1.90 bits per heavy atom. The summed E-state index contributed by atoms with van der Waals surface area (Å²) in [5.74, 6) is 0. The number of amides is 1. The molecule has 1 aliphatic heterocycles. The number of benzene rings is 1. The molecule has 2 atom stereocenters. The van der Waals surface area contributed by atoms with Crippen LogP contribution in [0.5, 0.6) is 0 Å². The molecule has 172 valence electrons. The Hall–Kier alpha value is -2.78. The zero-order valence-corrected chi connectivity index (χ0v) is 18.6. The van der Waals surface area contributed by atoms with Crippen molar-refractivity contribution >= 4 is 38.1 Å². The van der Waals surface area contributed by atoms with Gasteiger partial charge in [0.1, 0.15) is 6.61 Å². The lowest BCUT2D eigenvalue weighted by molar-refractivity contribution is -0.384. The number of carbonyl (C=O) groups excluding carboxylic acids is 1. The summed E-state index contributed by atoms with van der Waals surface area (Å²) < 4.78 is 56.7. The lowest BCUT2D eigenvalue weighted by Crippen LogP contribution is -2.38. The third-order valence-electron chi connectivity index (χ3n) is 4.24. The molecular weight excluding hydrogens is 456 g/mol. The molecule has 1 amide bonds. The highest BCUT2D eigenvalue weighted by molar-refractivity contribution is 7.88. The molecule has 15 heteroatoms. The molecule has 0 radical (unpaired) electrons. The summed E-state index contributed by atoms with van der Waals surface area (Å²) in [6, 6.07) is 4.63. The minimum Gasteiger partial charge on any atom is -0.445 e. The first kappa shape index (κ1) is 24.5. The molecule has 1 aromatic rings. The van der Waals surface area contributed by atoms with Gasteiger partial charge in [0.05, 0.1) is 36.1 Å². The molecule has 0 saturated carbocycles. The fraction of sp³-hybridized carbons (Fsp3) is 0.500. The van der Waals surface area contributed by atoms with Crippen LogP contribution < -0.4 is 0 Å². The smallest absolute Gasteiger partial charge is 0.410 e. The molecule has 0 aromatic heterocycles. The fourth-order valence-corrected chi connectivity index (χ4v) is 3.55. The van der Waals surface area contributed by atoms with E-state index in [9.17, 15) is 31.7 Å². The molecule has 1 aromatic carbocycles. The maximum absolute atomic E-state index is 12.6. The molecule has 0 bridgehead atoms. The molecule has 0 aliphatic carbocycles. The number of hydrazone groups is 1. The fourth-order valence-electron chi connectivity index (χ4n) is 2.69. The Balaban J connectivity index is 2.11. The predicted octanol–water partition coefficient (Wildman–Crippen LogP) is 0.528. The van der Waals surface area contributed by atoms with Gasteiger partial charge in [-0.15, -0.1) is 0 Å². The number of rotatable bonds is 8. The first-order valence-electron chi connectivity index (χ1n) is 8.79. The Morgan fingerprint density at radius 1 is 1.29 bits per heavy atom. The zero-order chi connectivity index (χ0) is 23.4. The monoisotopic (exact) mass is 478 g/mol. The van der Waals surface area contributed by atoms with Gasteiger partial charge in [-0.1, -0.05) is 0 Å². The number of ether oxygens (including phenoxy) is 1. The molecule has 1 saturated heterocycles.